The number of aromatic nitrogens is 6. The van der Waals surface area contributed by atoms with Gasteiger partial charge in [-0.25, -0.2) is 0 Å². The van der Waals surface area contributed by atoms with Crippen LogP contribution in [0.3, 0.4) is 0 Å². The third-order valence-corrected chi connectivity index (χ3v) is 12.0. The zero-order valence-electron chi connectivity index (χ0n) is 31.6. The average molecular weight is 757 g/mol. The van der Waals surface area contributed by atoms with E-state index in [-0.39, 0.29) is 0 Å². The van der Waals surface area contributed by atoms with Crippen LogP contribution in [-0.2, 0) is 6.42 Å². The zero-order chi connectivity index (χ0) is 38.6. The molecule has 276 valence electrons. The molecule has 8 aromatic carbocycles. The van der Waals surface area contributed by atoms with Crippen molar-refractivity contribution in [3.05, 3.63) is 193 Å². The molecular formula is C52H32N6O. The van der Waals surface area contributed by atoms with Crippen molar-refractivity contribution in [2.75, 3.05) is 0 Å². The van der Waals surface area contributed by atoms with Gasteiger partial charge in [-0.1, -0.05) is 133 Å². The maximum Gasteiger partial charge on any atom is 0.239 e. The van der Waals surface area contributed by atoms with E-state index in [9.17, 15) is 0 Å². The molecule has 0 amide bonds. The van der Waals surface area contributed by atoms with Crippen LogP contribution in [0.15, 0.2) is 186 Å². The Bertz CT molecular complexity index is 3550. The summed E-state index contributed by atoms with van der Waals surface area (Å²) in [7, 11) is 0. The van der Waals surface area contributed by atoms with Crippen molar-refractivity contribution < 1.29 is 4.42 Å². The van der Waals surface area contributed by atoms with E-state index in [1.807, 2.05) is 12.1 Å². The summed E-state index contributed by atoms with van der Waals surface area (Å²) >= 11 is 0. The van der Waals surface area contributed by atoms with Crippen molar-refractivity contribution in [3.63, 3.8) is 0 Å². The lowest BCUT2D eigenvalue weighted by atomic mass is 10.0. The Balaban J connectivity index is 1.13. The molecule has 0 radical (unpaired) electrons. The summed E-state index contributed by atoms with van der Waals surface area (Å²) in [6.45, 7) is 0. The van der Waals surface area contributed by atoms with Gasteiger partial charge in [0.1, 0.15) is 17.0 Å². The molecule has 13 rings (SSSR count). The summed E-state index contributed by atoms with van der Waals surface area (Å²) in [4.78, 5) is 16.2. The van der Waals surface area contributed by atoms with Gasteiger partial charge in [0, 0.05) is 44.1 Å². The van der Waals surface area contributed by atoms with Crippen LogP contribution in [0, 0.1) is 0 Å². The molecule has 0 spiro atoms. The van der Waals surface area contributed by atoms with Crippen LogP contribution in [0.2, 0.25) is 0 Å². The van der Waals surface area contributed by atoms with Gasteiger partial charge in [0.2, 0.25) is 11.9 Å². The number of benzene rings is 8. The molecule has 59 heavy (non-hydrogen) atoms. The van der Waals surface area contributed by atoms with Gasteiger partial charge in [0.05, 0.1) is 44.2 Å². The van der Waals surface area contributed by atoms with Crippen molar-refractivity contribution in [1.29, 1.82) is 0 Å². The Kier molecular flexibility index (Phi) is 6.66. The molecule has 0 aliphatic rings. The molecule has 0 unspecified atom stereocenters. The Morgan fingerprint density at radius 1 is 0.339 bits per heavy atom. The summed E-state index contributed by atoms with van der Waals surface area (Å²) in [5, 5.41) is 9.10. The molecule has 0 aliphatic carbocycles. The highest BCUT2D eigenvalue weighted by Gasteiger charge is 2.24. The van der Waals surface area contributed by atoms with Gasteiger partial charge >= 0.3 is 0 Å². The molecule has 7 nitrogen and oxygen atoms in total. The van der Waals surface area contributed by atoms with Gasteiger partial charge in [-0.15, -0.1) is 0 Å². The highest BCUT2D eigenvalue weighted by Crippen LogP contribution is 2.41. The molecule has 0 bridgehead atoms. The van der Waals surface area contributed by atoms with E-state index in [0.717, 1.165) is 87.8 Å². The lowest BCUT2D eigenvalue weighted by Crippen LogP contribution is -2.13. The van der Waals surface area contributed by atoms with Crippen LogP contribution < -0.4 is 0 Å². The summed E-state index contributed by atoms with van der Waals surface area (Å²) in [5.74, 6) is 1.79. The third-order valence-electron chi connectivity index (χ3n) is 12.0. The molecule has 0 saturated carbocycles. The van der Waals surface area contributed by atoms with Crippen molar-refractivity contribution >= 4 is 87.4 Å². The minimum atomic E-state index is 0.433. The lowest BCUT2D eigenvalue weighted by molar-refractivity contribution is 0.668. The maximum atomic E-state index is 6.56. The summed E-state index contributed by atoms with van der Waals surface area (Å²) in [6.07, 6.45) is 0.433. The van der Waals surface area contributed by atoms with Crippen molar-refractivity contribution in [1.82, 2.24) is 28.7 Å². The summed E-state index contributed by atoms with van der Waals surface area (Å²) in [6, 6.07) is 63.9. The summed E-state index contributed by atoms with van der Waals surface area (Å²) in [5.41, 5.74) is 10.2. The second kappa shape index (κ2) is 12.2. The molecule has 5 aromatic heterocycles. The second-order valence-corrected chi connectivity index (χ2v) is 15.2. The van der Waals surface area contributed by atoms with Crippen LogP contribution in [0.25, 0.3) is 105 Å². The van der Waals surface area contributed by atoms with Crippen LogP contribution in [0.4, 0.5) is 0 Å². The van der Waals surface area contributed by atoms with Gasteiger partial charge in [0.25, 0.3) is 0 Å². The second-order valence-electron chi connectivity index (χ2n) is 15.2. The molecule has 13 aromatic rings. The number of para-hydroxylation sites is 7. The predicted octanol–water partition coefficient (Wildman–Crippen LogP) is 12.7. The monoisotopic (exact) mass is 756 g/mol. The van der Waals surface area contributed by atoms with Crippen molar-refractivity contribution in [2.45, 2.75) is 6.42 Å². The molecule has 0 aliphatic heterocycles. The Morgan fingerprint density at radius 3 is 1.15 bits per heavy atom. The van der Waals surface area contributed by atoms with E-state index in [2.05, 4.69) is 184 Å². The molecular weight excluding hydrogens is 725 g/mol. The number of fused-ring (bicyclic) bond motifs is 12. The molecule has 0 saturated heterocycles. The first kappa shape index (κ1) is 32.1. The van der Waals surface area contributed by atoms with Gasteiger partial charge in [0.15, 0.2) is 0 Å². The lowest BCUT2D eigenvalue weighted by Gasteiger charge is -2.16. The fourth-order valence-electron chi connectivity index (χ4n) is 9.52. The molecule has 0 atom stereocenters. The van der Waals surface area contributed by atoms with E-state index in [1.54, 1.807) is 0 Å². The minimum Gasteiger partial charge on any atom is -0.456 e. The number of rotatable bonds is 5. The largest absolute Gasteiger partial charge is 0.456 e. The van der Waals surface area contributed by atoms with Crippen LogP contribution >= 0.6 is 0 Å². The zero-order valence-corrected chi connectivity index (χ0v) is 31.6. The first-order valence-corrected chi connectivity index (χ1v) is 19.9. The molecule has 0 N–H and O–H groups in total. The standard InChI is InChI=1S/C52H32N6O/c1-8-22-40-33(15-1)34-16-2-9-23-41(34)56(40)50-32(29-30-47-49(50)39-21-7-14-28-46(39)59-47)31-48-53-51(57-42-24-10-3-17-35(42)36-18-4-11-25-43(36)57)55-52(54-48)58-44-26-12-5-19-37(44)38-20-6-13-27-45(38)58/h1-30H,31H2. The molecule has 5 heterocycles. The van der Waals surface area contributed by atoms with Crippen molar-refractivity contribution in [3.8, 4) is 17.6 Å². The molecule has 7 heteroatoms. The first-order valence-electron chi connectivity index (χ1n) is 19.9. The fourth-order valence-corrected chi connectivity index (χ4v) is 9.52. The normalized spacial score (nSPS) is 12.1. The quantitative estimate of drug-likeness (QED) is 0.175. The van der Waals surface area contributed by atoms with Crippen LogP contribution in [0.5, 0.6) is 0 Å². The fraction of sp³-hybridized carbons (Fsp3) is 0.0192. The van der Waals surface area contributed by atoms with Crippen molar-refractivity contribution in [2.24, 2.45) is 0 Å². The third kappa shape index (κ3) is 4.61. The highest BCUT2D eigenvalue weighted by atomic mass is 16.3. The topological polar surface area (TPSA) is 66.6 Å². The number of furan rings is 1. The number of nitrogens with zero attached hydrogens (tertiary/aromatic N) is 6. The van der Waals surface area contributed by atoms with Gasteiger partial charge < -0.3 is 8.98 Å². The van der Waals surface area contributed by atoms with E-state index in [1.165, 1.54) is 10.8 Å². The van der Waals surface area contributed by atoms with E-state index >= 15 is 0 Å². The van der Waals surface area contributed by atoms with Gasteiger partial charge in [-0.2, -0.15) is 15.0 Å². The summed E-state index contributed by atoms with van der Waals surface area (Å²) < 4.78 is 13.3. The smallest absolute Gasteiger partial charge is 0.239 e. The van der Waals surface area contributed by atoms with Gasteiger partial charge in [-0.3, -0.25) is 9.13 Å². The average Bonchev–Trinajstić information content (AvgIpc) is 4.03. The molecule has 0 fully saturated rings. The predicted molar refractivity (Wildman–Crippen MR) is 239 cm³/mol. The number of hydrogen-bond acceptors (Lipinski definition) is 4. The maximum absolute atomic E-state index is 6.56. The van der Waals surface area contributed by atoms with E-state index < -0.39 is 0 Å². The Hall–Kier alpha value is -8.03. The van der Waals surface area contributed by atoms with Crippen LogP contribution in [0.1, 0.15) is 11.4 Å². The highest BCUT2D eigenvalue weighted by molar-refractivity contribution is 6.15. The van der Waals surface area contributed by atoms with E-state index in [0.29, 0.717) is 24.1 Å². The minimum absolute atomic E-state index is 0.433. The first-order chi connectivity index (χ1) is 29.3. The number of hydrogen-bond donors (Lipinski definition) is 0. The van der Waals surface area contributed by atoms with Crippen LogP contribution in [-0.4, -0.2) is 28.7 Å². The SMILES string of the molecule is c1ccc2c(c1)oc1ccc(Cc3nc(-n4c5ccccc5c5ccccc54)nc(-n4c5ccccc5c5ccccc54)n3)c(-n3c4ccccc4c4ccccc43)c12. The Morgan fingerprint density at radius 2 is 0.712 bits per heavy atom. The Labute approximate surface area is 336 Å². The van der Waals surface area contributed by atoms with Gasteiger partial charge in [-0.05, 0) is 54.1 Å². The van der Waals surface area contributed by atoms with E-state index in [4.69, 9.17) is 19.4 Å².